The fourth-order valence-corrected chi connectivity index (χ4v) is 2.17. The molecule has 0 fully saturated rings. The van der Waals surface area contributed by atoms with E-state index in [9.17, 15) is 5.11 Å². The van der Waals surface area contributed by atoms with E-state index in [-0.39, 0.29) is 0 Å². The van der Waals surface area contributed by atoms with Gasteiger partial charge in [-0.05, 0) is 23.8 Å². The standard InChI is InChI=1S/C15H15NO3/c16-12-4-2-1-3-11(12)15(17)10-5-6-13-14(9-10)19-8-7-18-13/h1-6,9,15,17H,7-8,16H2. The summed E-state index contributed by atoms with van der Waals surface area (Å²) in [5, 5.41) is 10.4. The number of para-hydroxylation sites is 1. The molecule has 19 heavy (non-hydrogen) atoms. The van der Waals surface area contributed by atoms with Crippen molar-refractivity contribution in [2.75, 3.05) is 18.9 Å². The average Bonchev–Trinajstić information content (AvgIpc) is 2.46. The zero-order chi connectivity index (χ0) is 13.2. The molecule has 1 unspecified atom stereocenters. The molecule has 0 amide bonds. The van der Waals surface area contributed by atoms with Gasteiger partial charge in [0.15, 0.2) is 11.5 Å². The molecule has 4 nitrogen and oxygen atoms in total. The van der Waals surface area contributed by atoms with Crippen molar-refractivity contribution in [2.24, 2.45) is 0 Å². The van der Waals surface area contributed by atoms with Crippen molar-refractivity contribution < 1.29 is 14.6 Å². The van der Waals surface area contributed by atoms with Gasteiger partial charge in [0.25, 0.3) is 0 Å². The van der Waals surface area contributed by atoms with Gasteiger partial charge in [-0.2, -0.15) is 0 Å². The zero-order valence-electron chi connectivity index (χ0n) is 10.4. The first kappa shape index (κ1) is 11.9. The molecular formula is C15H15NO3. The third-order valence-electron chi connectivity index (χ3n) is 3.17. The molecule has 0 spiro atoms. The number of hydrogen-bond acceptors (Lipinski definition) is 4. The predicted molar refractivity (Wildman–Crippen MR) is 72.3 cm³/mol. The maximum absolute atomic E-state index is 10.4. The molecule has 3 rings (SSSR count). The number of nitrogen functional groups attached to an aromatic ring is 1. The molecule has 98 valence electrons. The minimum atomic E-state index is -0.767. The Hall–Kier alpha value is -2.20. The highest BCUT2D eigenvalue weighted by molar-refractivity contribution is 5.52. The van der Waals surface area contributed by atoms with Crippen LogP contribution in [0.25, 0.3) is 0 Å². The Balaban J connectivity index is 1.96. The van der Waals surface area contributed by atoms with Crippen molar-refractivity contribution in [1.82, 2.24) is 0 Å². The first-order valence-corrected chi connectivity index (χ1v) is 6.18. The lowest BCUT2D eigenvalue weighted by Crippen LogP contribution is -2.15. The number of nitrogens with two attached hydrogens (primary N) is 1. The first-order valence-electron chi connectivity index (χ1n) is 6.18. The van der Waals surface area contributed by atoms with Gasteiger partial charge < -0.3 is 20.3 Å². The Morgan fingerprint density at radius 3 is 2.53 bits per heavy atom. The summed E-state index contributed by atoms with van der Waals surface area (Å²) in [4.78, 5) is 0. The van der Waals surface area contributed by atoms with Crippen LogP contribution in [0.15, 0.2) is 42.5 Å². The van der Waals surface area contributed by atoms with E-state index in [2.05, 4.69) is 0 Å². The second kappa shape index (κ2) is 4.82. The number of aliphatic hydroxyl groups excluding tert-OH is 1. The van der Waals surface area contributed by atoms with Crippen molar-refractivity contribution >= 4 is 5.69 Å². The number of anilines is 1. The Morgan fingerprint density at radius 2 is 1.74 bits per heavy atom. The van der Waals surface area contributed by atoms with Crippen molar-refractivity contribution in [3.8, 4) is 11.5 Å². The molecule has 2 aromatic rings. The molecule has 0 saturated heterocycles. The normalized spacial score (nSPS) is 15.0. The van der Waals surface area contributed by atoms with Crippen molar-refractivity contribution in [2.45, 2.75) is 6.10 Å². The quantitative estimate of drug-likeness (QED) is 0.809. The first-order chi connectivity index (χ1) is 9.25. The number of rotatable bonds is 2. The average molecular weight is 257 g/mol. The second-order valence-corrected chi connectivity index (χ2v) is 4.43. The molecule has 0 saturated carbocycles. The molecule has 0 radical (unpaired) electrons. The van der Waals surface area contributed by atoms with Crippen molar-refractivity contribution in [1.29, 1.82) is 0 Å². The predicted octanol–water partition coefficient (Wildman–Crippen LogP) is 2.12. The summed E-state index contributed by atoms with van der Waals surface area (Å²) in [5.74, 6) is 1.38. The van der Waals surface area contributed by atoms with E-state index < -0.39 is 6.10 Å². The maximum atomic E-state index is 10.4. The molecule has 0 aromatic heterocycles. The highest BCUT2D eigenvalue weighted by Crippen LogP contribution is 2.35. The van der Waals surface area contributed by atoms with Gasteiger partial charge in [-0.25, -0.2) is 0 Å². The van der Waals surface area contributed by atoms with Crippen molar-refractivity contribution in [3.63, 3.8) is 0 Å². The molecule has 1 heterocycles. The summed E-state index contributed by atoms with van der Waals surface area (Å²) >= 11 is 0. The molecule has 4 heteroatoms. The van der Waals surface area contributed by atoms with Gasteiger partial charge in [0, 0.05) is 11.3 Å². The van der Waals surface area contributed by atoms with Crippen LogP contribution in [-0.2, 0) is 0 Å². The summed E-state index contributed by atoms with van der Waals surface area (Å²) < 4.78 is 11.0. The summed E-state index contributed by atoms with van der Waals surface area (Å²) in [6.45, 7) is 1.08. The third kappa shape index (κ3) is 2.22. The van der Waals surface area contributed by atoms with Crippen LogP contribution in [-0.4, -0.2) is 18.3 Å². The fraction of sp³-hybridized carbons (Fsp3) is 0.200. The van der Waals surface area contributed by atoms with Gasteiger partial charge in [-0.15, -0.1) is 0 Å². The fourth-order valence-electron chi connectivity index (χ4n) is 2.17. The smallest absolute Gasteiger partial charge is 0.161 e. The lowest BCUT2D eigenvalue weighted by Gasteiger charge is -2.20. The highest BCUT2D eigenvalue weighted by atomic mass is 16.6. The maximum Gasteiger partial charge on any atom is 0.161 e. The summed E-state index contributed by atoms with van der Waals surface area (Å²) in [7, 11) is 0. The number of ether oxygens (including phenoxy) is 2. The van der Waals surface area contributed by atoms with Crippen LogP contribution in [0.5, 0.6) is 11.5 Å². The van der Waals surface area contributed by atoms with E-state index in [1.807, 2.05) is 30.3 Å². The van der Waals surface area contributed by atoms with E-state index in [1.165, 1.54) is 0 Å². The van der Waals surface area contributed by atoms with Gasteiger partial charge >= 0.3 is 0 Å². The zero-order valence-corrected chi connectivity index (χ0v) is 10.4. The molecule has 1 aliphatic heterocycles. The minimum absolute atomic E-state index is 0.528. The van der Waals surface area contributed by atoms with Crippen LogP contribution in [0.4, 0.5) is 5.69 Å². The molecule has 1 aliphatic rings. The topological polar surface area (TPSA) is 64.7 Å². The van der Waals surface area contributed by atoms with Crippen LogP contribution < -0.4 is 15.2 Å². The Morgan fingerprint density at radius 1 is 1.00 bits per heavy atom. The van der Waals surface area contributed by atoms with Gasteiger partial charge in [0.1, 0.15) is 19.3 Å². The molecule has 2 aromatic carbocycles. The van der Waals surface area contributed by atoms with E-state index in [0.29, 0.717) is 36.0 Å². The second-order valence-electron chi connectivity index (χ2n) is 4.43. The highest BCUT2D eigenvalue weighted by Gasteiger charge is 2.17. The van der Waals surface area contributed by atoms with E-state index in [4.69, 9.17) is 15.2 Å². The number of hydrogen-bond donors (Lipinski definition) is 2. The summed E-state index contributed by atoms with van der Waals surface area (Å²) in [6, 6.07) is 12.7. The van der Waals surface area contributed by atoms with Crippen molar-refractivity contribution in [3.05, 3.63) is 53.6 Å². The minimum Gasteiger partial charge on any atom is -0.486 e. The van der Waals surface area contributed by atoms with Crippen LogP contribution >= 0.6 is 0 Å². The SMILES string of the molecule is Nc1ccccc1C(O)c1ccc2c(c1)OCCO2. The lowest BCUT2D eigenvalue weighted by atomic mass is 9.99. The molecule has 0 aliphatic carbocycles. The monoisotopic (exact) mass is 257 g/mol. The van der Waals surface area contributed by atoms with Crippen LogP contribution in [0, 0.1) is 0 Å². The van der Waals surface area contributed by atoms with Gasteiger partial charge in [-0.3, -0.25) is 0 Å². The van der Waals surface area contributed by atoms with Crippen LogP contribution in [0.3, 0.4) is 0 Å². The van der Waals surface area contributed by atoms with Gasteiger partial charge in [-0.1, -0.05) is 24.3 Å². The molecule has 1 atom stereocenters. The number of aliphatic hydroxyl groups is 1. The van der Waals surface area contributed by atoms with E-state index in [0.717, 1.165) is 5.56 Å². The Bertz CT molecular complexity index is 598. The van der Waals surface area contributed by atoms with Gasteiger partial charge in [0.2, 0.25) is 0 Å². The molecule has 3 N–H and O–H groups in total. The summed E-state index contributed by atoms with van der Waals surface area (Å²) in [5.41, 5.74) is 7.89. The van der Waals surface area contributed by atoms with Gasteiger partial charge in [0.05, 0.1) is 0 Å². The summed E-state index contributed by atoms with van der Waals surface area (Å²) in [6.07, 6.45) is -0.767. The third-order valence-corrected chi connectivity index (χ3v) is 3.17. The van der Waals surface area contributed by atoms with E-state index in [1.54, 1.807) is 12.1 Å². The largest absolute Gasteiger partial charge is 0.486 e. The van der Waals surface area contributed by atoms with E-state index >= 15 is 0 Å². The van der Waals surface area contributed by atoms with Crippen LogP contribution in [0.1, 0.15) is 17.2 Å². The van der Waals surface area contributed by atoms with Crippen LogP contribution in [0.2, 0.25) is 0 Å². The Labute approximate surface area is 111 Å². The lowest BCUT2D eigenvalue weighted by molar-refractivity contribution is 0.169. The molecular weight excluding hydrogens is 242 g/mol. The number of benzene rings is 2. The molecule has 0 bridgehead atoms. The Kier molecular flexibility index (Phi) is 3.01. The number of fused-ring (bicyclic) bond motifs is 1.